The summed E-state index contributed by atoms with van der Waals surface area (Å²) in [4.78, 5) is 0.251. The van der Waals surface area contributed by atoms with Gasteiger partial charge in [0.15, 0.2) is 0 Å². The zero-order valence-corrected chi connectivity index (χ0v) is 13.1. The molecule has 0 heterocycles. The molecule has 0 radical (unpaired) electrons. The highest BCUT2D eigenvalue weighted by atomic mass is 32.2. The van der Waals surface area contributed by atoms with E-state index in [0.29, 0.717) is 18.0 Å². The lowest BCUT2D eigenvalue weighted by molar-refractivity contribution is 0.199. The third kappa shape index (κ3) is 3.22. The Morgan fingerprint density at radius 3 is 2.15 bits per heavy atom. The smallest absolute Gasteiger partial charge is 0.240 e. The average Bonchev–Trinajstić information content (AvgIpc) is 3.18. The minimum absolute atomic E-state index is 0.145. The van der Waals surface area contributed by atoms with E-state index in [2.05, 4.69) is 18.6 Å². The van der Waals surface area contributed by atoms with Gasteiger partial charge in [-0.15, -0.1) is 0 Å². The van der Waals surface area contributed by atoms with Gasteiger partial charge in [0.1, 0.15) is 0 Å². The maximum absolute atomic E-state index is 12.2. The molecular formula is C15H23NO3S. The van der Waals surface area contributed by atoms with E-state index in [0.717, 1.165) is 12.8 Å². The summed E-state index contributed by atoms with van der Waals surface area (Å²) in [5.41, 5.74) is 0.858. The maximum Gasteiger partial charge on any atom is 0.240 e. The summed E-state index contributed by atoms with van der Waals surface area (Å²) < 4.78 is 27.2. The predicted molar refractivity (Wildman–Crippen MR) is 78.8 cm³/mol. The Morgan fingerprint density at radius 1 is 1.20 bits per heavy atom. The van der Waals surface area contributed by atoms with Crippen molar-refractivity contribution in [1.29, 1.82) is 0 Å². The number of hydrogen-bond donors (Lipinski definition) is 2. The number of sulfonamides is 1. The molecule has 1 aliphatic rings. The number of aliphatic hydroxyl groups excluding tert-OH is 1. The zero-order valence-electron chi connectivity index (χ0n) is 12.3. The van der Waals surface area contributed by atoms with Crippen LogP contribution in [0.15, 0.2) is 29.2 Å². The fraction of sp³-hybridized carbons (Fsp3) is 0.600. The van der Waals surface area contributed by atoms with Crippen LogP contribution in [0, 0.1) is 11.3 Å². The van der Waals surface area contributed by atoms with Gasteiger partial charge in [0.2, 0.25) is 10.0 Å². The van der Waals surface area contributed by atoms with Gasteiger partial charge in [-0.3, -0.25) is 0 Å². The number of rotatable bonds is 6. The van der Waals surface area contributed by atoms with Crippen LogP contribution >= 0.6 is 0 Å². The first kappa shape index (κ1) is 15.5. The van der Waals surface area contributed by atoms with E-state index in [4.69, 9.17) is 0 Å². The van der Waals surface area contributed by atoms with Gasteiger partial charge in [-0.25, -0.2) is 13.1 Å². The summed E-state index contributed by atoms with van der Waals surface area (Å²) >= 11 is 0. The second-order valence-corrected chi connectivity index (χ2v) is 7.85. The van der Waals surface area contributed by atoms with Gasteiger partial charge < -0.3 is 5.11 Å². The van der Waals surface area contributed by atoms with E-state index in [1.807, 2.05) is 0 Å². The molecule has 0 aromatic heterocycles. The molecule has 5 heteroatoms. The monoisotopic (exact) mass is 297 g/mol. The normalized spacial score (nSPS) is 19.1. The number of benzene rings is 1. The van der Waals surface area contributed by atoms with E-state index in [-0.39, 0.29) is 10.3 Å². The van der Waals surface area contributed by atoms with Crippen molar-refractivity contribution in [2.24, 2.45) is 11.3 Å². The molecule has 112 valence electrons. The van der Waals surface area contributed by atoms with Crippen LogP contribution in [0.3, 0.4) is 0 Å². The van der Waals surface area contributed by atoms with Crippen LogP contribution in [0.1, 0.15) is 45.3 Å². The Hall–Kier alpha value is -0.910. The van der Waals surface area contributed by atoms with Crippen LogP contribution in [0.5, 0.6) is 0 Å². The molecule has 0 saturated heterocycles. The van der Waals surface area contributed by atoms with Crippen molar-refractivity contribution in [3.8, 4) is 0 Å². The summed E-state index contributed by atoms with van der Waals surface area (Å²) in [6.45, 7) is 6.43. The lowest BCUT2D eigenvalue weighted by Gasteiger charge is -2.20. The second-order valence-electron chi connectivity index (χ2n) is 6.09. The van der Waals surface area contributed by atoms with E-state index in [1.54, 1.807) is 31.2 Å². The van der Waals surface area contributed by atoms with Gasteiger partial charge in [0.05, 0.1) is 11.0 Å². The Labute approximate surface area is 121 Å². The van der Waals surface area contributed by atoms with Gasteiger partial charge in [-0.2, -0.15) is 0 Å². The van der Waals surface area contributed by atoms with Gasteiger partial charge in [0, 0.05) is 6.54 Å². The van der Waals surface area contributed by atoms with Crippen LogP contribution in [0.4, 0.5) is 0 Å². The average molecular weight is 297 g/mol. The van der Waals surface area contributed by atoms with Crippen molar-refractivity contribution >= 4 is 10.0 Å². The van der Waals surface area contributed by atoms with Gasteiger partial charge in [0.25, 0.3) is 0 Å². The Kier molecular flexibility index (Phi) is 4.23. The van der Waals surface area contributed by atoms with E-state index < -0.39 is 16.1 Å². The molecule has 1 fully saturated rings. The van der Waals surface area contributed by atoms with Gasteiger partial charge in [-0.05, 0) is 48.8 Å². The summed E-state index contributed by atoms with van der Waals surface area (Å²) in [5, 5.41) is 9.43. The largest absolute Gasteiger partial charge is 0.389 e. The van der Waals surface area contributed by atoms with E-state index in [9.17, 15) is 13.5 Å². The molecule has 0 aliphatic heterocycles. The molecule has 1 atom stereocenters. The van der Waals surface area contributed by atoms with Crippen LogP contribution in [0.25, 0.3) is 0 Å². The highest BCUT2D eigenvalue weighted by Crippen LogP contribution is 2.51. The molecular weight excluding hydrogens is 274 g/mol. The molecule has 1 aromatic carbocycles. The Morgan fingerprint density at radius 2 is 1.75 bits per heavy atom. The standard InChI is InChI=1S/C15H23NO3S/c1-11(2)15(8-9-15)10-16-20(18,19)14-6-4-13(5-7-14)12(3)17/h4-7,11-12,16-17H,8-10H2,1-3H3. The SMILES string of the molecule is CC(O)c1ccc(S(=O)(=O)NCC2(C(C)C)CC2)cc1. The highest BCUT2D eigenvalue weighted by Gasteiger charge is 2.45. The van der Waals surface area contributed by atoms with Crippen LogP contribution < -0.4 is 4.72 Å². The molecule has 2 rings (SSSR count). The first-order valence-electron chi connectivity index (χ1n) is 7.04. The Balaban J connectivity index is 2.07. The highest BCUT2D eigenvalue weighted by molar-refractivity contribution is 7.89. The first-order valence-corrected chi connectivity index (χ1v) is 8.53. The van der Waals surface area contributed by atoms with Crippen molar-refractivity contribution < 1.29 is 13.5 Å². The van der Waals surface area contributed by atoms with Crippen LogP contribution in [0.2, 0.25) is 0 Å². The van der Waals surface area contributed by atoms with Gasteiger partial charge >= 0.3 is 0 Å². The van der Waals surface area contributed by atoms with E-state index in [1.165, 1.54) is 0 Å². The molecule has 1 aliphatic carbocycles. The molecule has 1 unspecified atom stereocenters. The summed E-state index contributed by atoms with van der Waals surface area (Å²) in [6, 6.07) is 6.38. The van der Waals surface area contributed by atoms with E-state index >= 15 is 0 Å². The number of nitrogens with one attached hydrogen (secondary N) is 1. The van der Waals surface area contributed by atoms with Gasteiger partial charge in [-0.1, -0.05) is 26.0 Å². The molecule has 20 heavy (non-hydrogen) atoms. The maximum atomic E-state index is 12.2. The quantitative estimate of drug-likeness (QED) is 0.847. The van der Waals surface area contributed by atoms with Crippen molar-refractivity contribution in [1.82, 2.24) is 4.72 Å². The molecule has 1 aromatic rings. The molecule has 1 saturated carbocycles. The summed E-state index contributed by atoms with van der Waals surface area (Å²) in [7, 11) is -3.46. The van der Waals surface area contributed by atoms with Crippen molar-refractivity contribution in [2.75, 3.05) is 6.54 Å². The minimum atomic E-state index is -3.46. The van der Waals surface area contributed by atoms with Crippen molar-refractivity contribution in [3.63, 3.8) is 0 Å². The Bertz CT molecular complexity index is 557. The lowest BCUT2D eigenvalue weighted by Crippen LogP contribution is -2.32. The number of aliphatic hydroxyl groups is 1. The molecule has 0 bridgehead atoms. The predicted octanol–water partition coefficient (Wildman–Crippen LogP) is 2.45. The molecule has 4 nitrogen and oxygen atoms in total. The van der Waals surface area contributed by atoms with Crippen LogP contribution in [-0.2, 0) is 10.0 Å². The lowest BCUT2D eigenvalue weighted by atomic mass is 9.93. The fourth-order valence-electron chi connectivity index (χ4n) is 2.37. The topological polar surface area (TPSA) is 66.4 Å². The van der Waals surface area contributed by atoms with Crippen molar-refractivity contribution in [2.45, 2.75) is 44.6 Å². The second kappa shape index (κ2) is 5.47. The third-order valence-electron chi connectivity index (χ3n) is 4.40. The molecule has 2 N–H and O–H groups in total. The summed E-state index contributed by atoms with van der Waals surface area (Å²) in [6.07, 6.45) is 1.60. The fourth-order valence-corrected chi connectivity index (χ4v) is 3.50. The molecule has 0 spiro atoms. The zero-order chi connectivity index (χ0) is 15.0. The number of hydrogen-bond acceptors (Lipinski definition) is 3. The van der Waals surface area contributed by atoms with Crippen LogP contribution in [-0.4, -0.2) is 20.1 Å². The first-order chi connectivity index (χ1) is 9.27. The molecule has 0 amide bonds. The van der Waals surface area contributed by atoms with Crippen molar-refractivity contribution in [3.05, 3.63) is 29.8 Å². The third-order valence-corrected chi connectivity index (χ3v) is 5.82. The minimum Gasteiger partial charge on any atom is -0.389 e. The summed E-state index contributed by atoms with van der Waals surface area (Å²) in [5.74, 6) is 0.489.